The highest BCUT2D eigenvalue weighted by molar-refractivity contribution is 9.10. The van der Waals surface area contributed by atoms with Gasteiger partial charge in [0.25, 0.3) is 6.02 Å². The van der Waals surface area contributed by atoms with E-state index in [-0.39, 0.29) is 4.60 Å². The molecule has 24 heavy (non-hydrogen) atoms. The molecule has 0 aliphatic carbocycles. The predicted octanol–water partition coefficient (Wildman–Crippen LogP) is 3.12. The Hall–Kier alpha value is -1.98. The summed E-state index contributed by atoms with van der Waals surface area (Å²) < 4.78 is 71.9. The fourth-order valence-corrected chi connectivity index (χ4v) is 2.42. The van der Waals surface area contributed by atoms with Crippen LogP contribution in [0.3, 0.4) is 0 Å². The maximum Gasteiger partial charge on any atom is 0.428 e. The van der Waals surface area contributed by atoms with Gasteiger partial charge in [-0.3, -0.25) is 0 Å². The summed E-state index contributed by atoms with van der Waals surface area (Å²) in [7, 11) is 0. The summed E-state index contributed by atoms with van der Waals surface area (Å²) in [5.41, 5.74) is -3.20. The van der Waals surface area contributed by atoms with Gasteiger partial charge in [0, 0.05) is 0 Å². The van der Waals surface area contributed by atoms with Crippen LogP contribution in [0, 0.1) is 5.82 Å². The lowest BCUT2D eigenvalue weighted by Crippen LogP contribution is -2.56. The minimum Gasteiger partial charge on any atom is -0.465 e. The van der Waals surface area contributed by atoms with E-state index >= 15 is 0 Å². The molecule has 1 aromatic rings. The number of nitrogens with one attached hydrogen (secondary N) is 1. The lowest BCUT2D eigenvalue weighted by atomic mass is 9.87. The fourth-order valence-electron chi connectivity index (χ4n) is 2.11. The van der Waals surface area contributed by atoms with E-state index < -0.39 is 47.6 Å². The van der Waals surface area contributed by atoms with E-state index in [0.29, 0.717) is 0 Å². The number of amidine groups is 1. The monoisotopic (exact) mass is 417 g/mol. The van der Waals surface area contributed by atoms with E-state index in [4.69, 9.17) is 5.11 Å². The highest BCUT2D eigenvalue weighted by Gasteiger charge is 2.59. The summed E-state index contributed by atoms with van der Waals surface area (Å²) >= 11 is 2.91. The first-order chi connectivity index (χ1) is 10.9. The molecule has 1 amide bonds. The van der Waals surface area contributed by atoms with Crippen LogP contribution in [-0.2, 0) is 10.3 Å². The summed E-state index contributed by atoms with van der Waals surface area (Å²) in [5.74, 6) is -1.11. The third-order valence-corrected chi connectivity index (χ3v) is 3.64. The average Bonchev–Trinajstić information content (AvgIpc) is 2.43. The van der Waals surface area contributed by atoms with Crippen LogP contribution in [0.2, 0.25) is 0 Å². The van der Waals surface area contributed by atoms with Gasteiger partial charge in [-0.05, 0) is 35.0 Å². The predicted molar refractivity (Wildman–Crippen MR) is 73.7 cm³/mol. The van der Waals surface area contributed by atoms with Gasteiger partial charge >= 0.3 is 12.3 Å². The molecule has 2 heterocycles. The van der Waals surface area contributed by atoms with Crippen LogP contribution in [0.25, 0.3) is 0 Å². The van der Waals surface area contributed by atoms with Crippen molar-refractivity contribution in [2.75, 3.05) is 0 Å². The molecular weight excluding hydrogens is 409 g/mol. The van der Waals surface area contributed by atoms with Crippen LogP contribution in [0.15, 0.2) is 21.7 Å². The molecule has 0 unspecified atom stereocenters. The van der Waals surface area contributed by atoms with Crippen LogP contribution in [0.5, 0.6) is 0 Å². The minimum absolute atomic E-state index is 0.0327. The summed E-state index contributed by atoms with van der Waals surface area (Å²) in [6.07, 6.45) is -12.9. The number of ether oxygens (including phenoxy) is 1. The number of carboxylic acid groups (broad SMARTS) is 1. The van der Waals surface area contributed by atoms with Crippen LogP contribution < -0.4 is 5.32 Å². The molecule has 0 fully saturated rings. The number of carbonyl (C=O) groups is 1. The summed E-state index contributed by atoms with van der Waals surface area (Å²) in [4.78, 5) is 17.7. The molecule has 0 saturated heterocycles. The van der Waals surface area contributed by atoms with E-state index in [9.17, 15) is 26.7 Å². The Kier molecular flexibility index (Phi) is 4.70. The smallest absolute Gasteiger partial charge is 0.428 e. The summed E-state index contributed by atoms with van der Waals surface area (Å²) in [5, 5.41) is 10.1. The molecule has 1 aliphatic rings. The number of aromatic nitrogens is 1. The van der Waals surface area contributed by atoms with E-state index in [1.165, 1.54) is 5.32 Å². The summed E-state index contributed by atoms with van der Waals surface area (Å²) in [6.45, 7) is 0.861. The fraction of sp³-hybridized carbons (Fsp3) is 0.417. The molecule has 12 heteroatoms. The van der Waals surface area contributed by atoms with Gasteiger partial charge in [0.2, 0.25) is 6.10 Å². The van der Waals surface area contributed by atoms with Gasteiger partial charge in [-0.2, -0.15) is 13.2 Å². The van der Waals surface area contributed by atoms with E-state index in [1.54, 1.807) is 0 Å². The zero-order valence-electron chi connectivity index (χ0n) is 11.7. The average molecular weight is 418 g/mol. The van der Waals surface area contributed by atoms with Crippen molar-refractivity contribution in [3.8, 4) is 0 Å². The second-order valence-electron chi connectivity index (χ2n) is 4.94. The molecule has 0 aromatic carbocycles. The van der Waals surface area contributed by atoms with Crippen molar-refractivity contribution in [1.29, 1.82) is 0 Å². The zero-order chi connectivity index (χ0) is 18.3. The Morgan fingerprint density at radius 3 is 2.62 bits per heavy atom. The first kappa shape index (κ1) is 18.4. The Bertz CT molecular complexity index is 699. The summed E-state index contributed by atoms with van der Waals surface area (Å²) in [6, 6.07) is 0.917. The van der Waals surface area contributed by atoms with Crippen molar-refractivity contribution in [1.82, 2.24) is 10.3 Å². The van der Waals surface area contributed by atoms with Crippen molar-refractivity contribution in [2.45, 2.75) is 30.9 Å². The largest absolute Gasteiger partial charge is 0.465 e. The third-order valence-electron chi connectivity index (χ3n) is 3.20. The molecule has 2 rings (SSSR count). The van der Waals surface area contributed by atoms with Crippen LogP contribution in [-0.4, -0.2) is 40.7 Å². The van der Waals surface area contributed by atoms with E-state index in [1.807, 2.05) is 0 Å². The van der Waals surface area contributed by atoms with E-state index in [0.717, 1.165) is 19.1 Å². The number of nitrogens with zero attached hydrogens (tertiary/aromatic N) is 2. The maximum atomic E-state index is 14.6. The quantitative estimate of drug-likeness (QED) is 0.543. The van der Waals surface area contributed by atoms with Gasteiger partial charge in [-0.1, -0.05) is 0 Å². The lowest BCUT2D eigenvalue weighted by molar-refractivity contribution is -0.228. The molecule has 3 atom stereocenters. The molecule has 0 radical (unpaired) electrons. The first-order valence-corrected chi connectivity index (χ1v) is 7.04. The Labute approximate surface area is 139 Å². The molecule has 2 N–H and O–H groups in total. The minimum atomic E-state index is -5.19. The molecule has 1 aliphatic heterocycles. The maximum absolute atomic E-state index is 14.6. The number of rotatable bonds is 1. The molecule has 1 aromatic heterocycles. The van der Waals surface area contributed by atoms with Crippen LogP contribution >= 0.6 is 15.9 Å². The number of hydrogen-bond donors (Lipinski definition) is 2. The van der Waals surface area contributed by atoms with Gasteiger partial charge in [-0.15, -0.1) is 0 Å². The topological polar surface area (TPSA) is 83.8 Å². The van der Waals surface area contributed by atoms with Gasteiger partial charge in [0.05, 0.1) is 0 Å². The van der Waals surface area contributed by atoms with Gasteiger partial charge < -0.3 is 9.84 Å². The van der Waals surface area contributed by atoms with Gasteiger partial charge in [0.1, 0.15) is 21.7 Å². The molecule has 132 valence electrons. The van der Waals surface area contributed by atoms with Crippen molar-refractivity contribution in [2.24, 2.45) is 4.99 Å². The lowest BCUT2D eigenvalue weighted by Gasteiger charge is -2.38. The molecule has 6 nitrogen and oxygen atoms in total. The number of alkyl halides is 4. The number of pyridine rings is 1. The molecule has 0 bridgehead atoms. The van der Waals surface area contributed by atoms with Gasteiger partial charge in [-0.25, -0.2) is 28.9 Å². The number of hydrogen-bond acceptors (Lipinski definition) is 4. The van der Waals surface area contributed by atoms with E-state index in [2.05, 4.69) is 30.6 Å². The second-order valence-corrected chi connectivity index (χ2v) is 5.75. The number of halogens is 6. The molecule has 0 saturated carbocycles. The highest BCUT2D eigenvalue weighted by atomic mass is 79.9. The Morgan fingerprint density at radius 1 is 1.46 bits per heavy atom. The Morgan fingerprint density at radius 2 is 2.08 bits per heavy atom. The Balaban J connectivity index is 2.62. The second kappa shape index (κ2) is 6.15. The van der Waals surface area contributed by atoms with Crippen LogP contribution in [0.4, 0.5) is 26.7 Å². The van der Waals surface area contributed by atoms with Crippen molar-refractivity contribution >= 4 is 28.0 Å². The first-order valence-electron chi connectivity index (χ1n) is 6.25. The van der Waals surface area contributed by atoms with Crippen molar-refractivity contribution < 1.29 is 36.6 Å². The third kappa shape index (κ3) is 3.42. The number of amides is 1. The standard InChI is InChI=1S/C12H9BrF5N3O3/c1-11(7-4(14)2-3-5(13)19-7)6(15)8(12(16,17)18)24-9(21-11)20-10(22)23/h2-3,6,8H,1H3,(H,20,21)(H,22,23)/t6-,8-,11-/m0/s1. The van der Waals surface area contributed by atoms with Crippen molar-refractivity contribution in [3.63, 3.8) is 0 Å². The van der Waals surface area contributed by atoms with Crippen molar-refractivity contribution in [3.05, 3.63) is 28.2 Å². The highest BCUT2D eigenvalue weighted by Crippen LogP contribution is 2.42. The van der Waals surface area contributed by atoms with Crippen LogP contribution in [0.1, 0.15) is 12.6 Å². The normalized spacial score (nSPS) is 27.2. The number of aliphatic imine (C=N–C) groups is 1. The van der Waals surface area contributed by atoms with Gasteiger partial charge in [0.15, 0.2) is 6.17 Å². The molecular formula is C12H9BrF5N3O3. The molecule has 0 spiro atoms. The zero-order valence-corrected chi connectivity index (χ0v) is 13.3. The SMILES string of the molecule is C[C@]1(c2nc(Br)ccc2F)N=C(NC(=O)O)O[C@H](C(F)(F)F)[C@@H]1F.